The molecular formula is C22H26N4O3. The quantitative estimate of drug-likeness (QED) is 0.832. The Bertz CT molecular complexity index is 907. The summed E-state index contributed by atoms with van der Waals surface area (Å²) in [6, 6.07) is 11.2. The van der Waals surface area contributed by atoms with E-state index in [2.05, 4.69) is 15.6 Å². The maximum atomic E-state index is 12.5. The summed E-state index contributed by atoms with van der Waals surface area (Å²) in [6.07, 6.45) is 3.21. The predicted octanol–water partition coefficient (Wildman–Crippen LogP) is 3.17. The van der Waals surface area contributed by atoms with Crippen LogP contribution < -0.4 is 15.5 Å². The van der Waals surface area contributed by atoms with E-state index in [-0.39, 0.29) is 24.1 Å². The molecule has 0 aliphatic carbocycles. The van der Waals surface area contributed by atoms with Gasteiger partial charge in [-0.1, -0.05) is 12.1 Å². The third-order valence-corrected chi connectivity index (χ3v) is 5.45. The van der Waals surface area contributed by atoms with Gasteiger partial charge in [-0.15, -0.1) is 0 Å². The number of nitrogens with one attached hydrogen (secondary N) is 2. The zero-order valence-electron chi connectivity index (χ0n) is 16.8. The van der Waals surface area contributed by atoms with Crippen molar-refractivity contribution in [2.45, 2.75) is 44.9 Å². The van der Waals surface area contributed by atoms with E-state index in [1.54, 1.807) is 6.07 Å². The number of hydrogen-bond acceptors (Lipinski definition) is 5. The molecule has 0 unspecified atom stereocenters. The van der Waals surface area contributed by atoms with Crippen LogP contribution in [0.1, 0.15) is 53.5 Å². The second-order valence-electron chi connectivity index (χ2n) is 7.67. The number of amides is 2. The second-order valence-corrected chi connectivity index (χ2v) is 7.67. The first-order chi connectivity index (χ1) is 14.0. The van der Waals surface area contributed by atoms with Crippen LogP contribution in [0.15, 0.2) is 36.4 Å². The normalized spacial score (nSPS) is 21.3. The van der Waals surface area contributed by atoms with E-state index in [1.807, 2.05) is 49.2 Å². The van der Waals surface area contributed by atoms with Crippen LogP contribution in [-0.4, -0.2) is 36.6 Å². The minimum Gasteiger partial charge on any atom is -0.378 e. The van der Waals surface area contributed by atoms with E-state index >= 15 is 0 Å². The van der Waals surface area contributed by atoms with Crippen LogP contribution in [-0.2, 0) is 9.53 Å². The Morgan fingerprint density at radius 1 is 1.24 bits per heavy atom. The molecule has 2 aliphatic heterocycles. The number of carbonyl (C=O) groups is 2. The van der Waals surface area contributed by atoms with Crippen LogP contribution in [0.5, 0.6) is 0 Å². The summed E-state index contributed by atoms with van der Waals surface area (Å²) in [5, 5.41) is 5.95. The molecule has 4 rings (SSSR count). The van der Waals surface area contributed by atoms with E-state index in [1.165, 1.54) is 0 Å². The number of aryl methyl sites for hydroxylation is 1. The summed E-state index contributed by atoms with van der Waals surface area (Å²) in [5.41, 5.74) is 3.09. The average Bonchev–Trinajstić information content (AvgIpc) is 2.72. The fourth-order valence-electron chi connectivity index (χ4n) is 3.85. The molecule has 7 nitrogen and oxygen atoms in total. The highest BCUT2D eigenvalue weighted by atomic mass is 16.5. The van der Waals surface area contributed by atoms with Gasteiger partial charge in [0, 0.05) is 25.0 Å². The topological polar surface area (TPSA) is 83.6 Å². The Balaban J connectivity index is 1.43. The highest BCUT2D eigenvalue weighted by molar-refractivity contribution is 6.01. The average molecular weight is 394 g/mol. The van der Waals surface area contributed by atoms with E-state index in [0.717, 1.165) is 42.8 Å². The first-order valence-electron chi connectivity index (χ1n) is 10.0. The molecule has 1 fully saturated rings. The summed E-state index contributed by atoms with van der Waals surface area (Å²) < 4.78 is 5.63. The molecule has 2 atom stereocenters. The van der Waals surface area contributed by atoms with Gasteiger partial charge >= 0.3 is 0 Å². The van der Waals surface area contributed by atoms with Gasteiger partial charge < -0.3 is 20.3 Å². The minimum atomic E-state index is -0.315. The Hall–Kier alpha value is -2.93. The van der Waals surface area contributed by atoms with Crippen molar-refractivity contribution in [3.63, 3.8) is 0 Å². The summed E-state index contributed by atoms with van der Waals surface area (Å²) in [4.78, 5) is 31.2. The van der Waals surface area contributed by atoms with Gasteiger partial charge in [-0.25, -0.2) is 4.98 Å². The van der Waals surface area contributed by atoms with Crippen LogP contribution in [0.3, 0.4) is 0 Å². The number of anilines is 2. The van der Waals surface area contributed by atoms with E-state index in [0.29, 0.717) is 17.8 Å². The summed E-state index contributed by atoms with van der Waals surface area (Å²) in [5.74, 6) is 0.491. The van der Waals surface area contributed by atoms with Crippen molar-refractivity contribution < 1.29 is 14.3 Å². The van der Waals surface area contributed by atoms with E-state index in [9.17, 15) is 9.59 Å². The Labute approximate surface area is 170 Å². The van der Waals surface area contributed by atoms with Gasteiger partial charge in [-0.05, 0) is 56.0 Å². The lowest BCUT2D eigenvalue weighted by molar-refractivity contribution is -0.119. The van der Waals surface area contributed by atoms with Crippen molar-refractivity contribution in [3.05, 3.63) is 53.2 Å². The zero-order chi connectivity index (χ0) is 20.4. The number of benzene rings is 1. The Morgan fingerprint density at radius 2 is 2.03 bits per heavy atom. The lowest BCUT2D eigenvalue weighted by Gasteiger charge is -2.35. The van der Waals surface area contributed by atoms with Gasteiger partial charge in [0.1, 0.15) is 12.0 Å². The first kappa shape index (κ1) is 19.4. The molecule has 0 spiro atoms. The smallest absolute Gasteiger partial charge is 0.256 e. The molecule has 0 saturated carbocycles. The maximum absolute atomic E-state index is 12.5. The van der Waals surface area contributed by atoms with Gasteiger partial charge in [-0.2, -0.15) is 0 Å². The standard InChI is InChI=1S/C22H26N4O3/c1-14-6-11-18-21(23-14)26(2)20(25-22(18)28)15-7-9-16(10-8-15)24-19(27)13-17-5-3-4-12-29-17/h6-11,17,20H,3-5,12-13H2,1-2H3,(H,24,27)(H,25,28)/t17-,20+/m1/s1. The molecule has 2 N–H and O–H groups in total. The number of nitrogens with zero attached hydrogens (tertiary/aromatic N) is 2. The molecule has 0 radical (unpaired) electrons. The predicted molar refractivity (Wildman–Crippen MR) is 111 cm³/mol. The van der Waals surface area contributed by atoms with Crippen molar-refractivity contribution in [1.29, 1.82) is 0 Å². The summed E-state index contributed by atoms with van der Waals surface area (Å²) in [7, 11) is 1.91. The SMILES string of the molecule is Cc1ccc2c(n1)N(C)[C@@H](c1ccc(NC(=O)C[C@H]3CCCCO3)cc1)NC2=O. The van der Waals surface area contributed by atoms with Gasteiger partial charge in [0.25, 0.3) is 5.91 Å². The van der Waals surface area contributed by atoms with Gasteiger partial charge in [0.2, 0.25) is 5.91 Å². The monoisotopic (exact) mass is 394 g/mol. The lowest BCUT2D eigenvalue weighted by Crippen LogP contribution is -2.45. The second kappa shape index (κ2) is 8.21. The van der Waals surface area contributed by atoms with Crippen LogP contribution in [0.25, 0.3) is 0 Å². The van der Waals surface area contributed by atoms with Crippen molar-refractivity contribution in [2.24, 2.45) is 0 Å². The van der Waals surface area contributed by atoms with Crippen LogP contribution in [0.2, 0.25) is 0 Å². The molecule has 3 heterocycles. The number of carbonyl (C=O) groups excluding carboxylic acids is 2. The minimum absolute atomic E-state index is 0.0187. The molecule has 1 aromatic heterocycles. The van der Waals surface area contributed by atoms with Gasteiger partial charge in [0.15, 0.2) is 0 Å². The van der Waals surface area contributed by atoms with Crippen molar-refractivity contribution in [2.75, 3.05) is 23.9 Å². The molecule has 0 bridgehead atoms. The zero-order valence-corrected chi connectivity index (χ0v) is 16.8. The van der Waals surface area contributed by atoms with E-state index < -0.39 is 0 Å². The number of ether oxygens (including phenoxy) is 1. The summed E-state index contributed by atoms with van der Waals surface area (Å²) >= 11 is 0. The molecule has 2 aliphatic rings. The first-order valence-corrected chi connectivity index (χ1v) is 10.0. The third kappa shape index (κ3) is 4.24. The van der Waals surface area contributed by atoms with Crippen LogP contribution in [0.4, 0.5) is 11.5 Å². The van der Waals surface area contributed by atoms with E-state index in [4.69, 9.17) is 4.74 Å². The van der Waals surface area contributed by atoms with Gasteiger partial charge in [-0.3, -0.25) is 9.59 Å². The highest BCUT2D eigenvalue weighted by Gasteiger charge is 2.30. The maximum Gasteiger partial charge on any atom is 0.256 e. The molecule has 152 valence electrons. The van der Waals surface area contributed by atoms with Crippen molar-refractivity contribution >= 4 is 23.3 Å². The number of pyridine rings is 1. The fraction of sp³-hybridized carbons (Fsp3) is 0.409. The molecule has 7 heteroatoms. The molecular weight excluding hydrogens is 368 g/mol. The molecule has 2 amide bonds. The molecule has 1 saturated heterocycles. The Morgan fingerprint density at radius 3 is 2.76 bits per heavy atom. The fourth-order valence-corrected chi connectivity index (χ4v) is 3.85. The van der Waals surface area contributed by atoms with Crippen molar-refractivity contribution in [1.82, 2.24) is 10.3 Å². The Kier molecular flexibility index (Phi) is 5.49. The summed E-state index contributed by atoms with van der Waals surface area (Å²) in [6.45, 7) is 2.65. The number of aromatic nitrogens is 1. The molecule has 29 heavy (non-hydrogen) atoms. The lowest BCUT2D eigenvalue weighted by atomic mass is 10.1. The largest absolute Gasteiger partial charge is 0.378 e. The van der Waals surface area contributed by atoms with Crippen LogP contribution >= 0.6 is 0 Å². The number of rotatable bonds is 4. The number of fused-ring (bicyclic) bond motifs is 1. The van der Waals surface area contributed by atoms with Crippen LogP contribution in [0, 0.1) is 6.92 Å². The van der Waals surface area contributed by atoms with Gasteiger partial charge in [0.05, 0.1) is 18.1 Å². The molecule has 1 aromatic carbocycles. The number of hydrogen-bond donors (Lipinski definition) is 2. The molecule has 2 aromatic rings. The van der Waals surface area contributed by atoms with Crippen molar-refractivity contribution in [3.8, 4) is 0 Å². The third-order valence-electron chi connectivity index (χ3n) is 5.45. The highest BCUT2D eigenvalue weighted by Crippen LogP contribution is 2.30.